The van der Waals surface area contributed by atoms with Crippen LogP contribution in [-0.2, 0) is 19.6 Å². The lowest BCUT2D eigenvalue weighted by molar-refractivity contribution is -0.128. The van der Waals surface area contributed by atoms with Crippen LogP contribution in [0.15, 0.2) is 29.2 Å². The predicted molar refractivity (Wildman–Crippen MR) is 108 cm³/mol. The van der Waals surface area contributed by atoms with Crippen molar-refractivity contribution >= 4 is 39.9 Å². The second-order valence-corrected chi connectivity index (χ2v) is 8.64. The van der Waals surface area contributed by atoms with Crippen molar-refractivity contribution in [2.45, 2.75) is 38.5 Å². The van der Waals surface area contributed by atoms with Gasteiger partial charge in [0.1, 0.15) is 0 Å². The van der Waals surface area contributed by atoms with Gasteiger partial charge in [0.2, 0.25) is 21.8 Å². The number of carbonyl (C=O) groups excluding carboxylic acids is 2. The summed E-state index contributed by atoms with van der Waals surface area (Å²) in [4.78, 5) is 23.8. The number of nitrogens with two attached hydrogens (primary N) is 1. The molecule has 0 atom stereocenters. The maximum atomic E-state index is 12.1. The van der Waals surface area contributed by atoms with E-state index in [-0.39, 0.29) is 48.6 Å². The van der Waals surface area contributed by atoms with E-state index in [2.05, 4.69) is 15.4 Å². The van der Waals surface area contributed by atoms with Gasteiger partial charge in [-0.15, -0.1) is 12.4 Å². The van der Waals surface area contributed by atoms with Crippen LogP contribution in [0.2, 0.25) is 0 Å². The first-order valence-corrected chi connectivity index (χ1v) is 9.92. The second kappa shape index (κ2) is 11.2. The number of sulfonamides is 1. The zero-order valence-corrected chi connectivity index (χ0v) is 17.5. The molecule has 0 saturated heterocycles. The van der Waals surface area contributed by atoms with E-state index in [9.17, 15) is 18.0 Å². The highest BCUT2D eigenvalue weighted by Crippen LogP contribution is 2.16. The molecule has 154 valence electrons. The molecule has 0 bridgehead atoms. The third kappa shape index (κ3) is 9.18. The minimum absolute atomic E-state index is 0. The molecule has 1 rings (SSSR count). The fraction of sp³-hybridized carbons (Fsp3) is 0.529. The van der Waals surface area contributed by atoms with Crippen molar-refractivity contribution in [1.82, 2.24) is 10.0 Å². The Bertz CT molecular complexity index is 733. The quantitative estimate of drug-likeness (QED) is 0.446. The monoisotopic (exact) mass is 420 g/mol. The first-order chi connectivity index (χ1) is 12.1. The Labute approximate surface area is 167 Å². The average Bonchev–Trinajstić information content (AvgIpc) is 2.56. The third-order valence-corrected chi connectivity index (χ3v) is 4.87. The normalized spacial score (nSPS) is 11.4. The Morgan fingerprint density at radius 3 is 2.41 bits per heavy atom. The van der Waals surface area contributed by atoms with Gasteiger partial charge in [0.25, 0.3) is 0 Å². The first kappa shape index (κ1) is 25.3. The molecular weight excluding hydrogens is 392 g/mol. The topological polar surface area (TPSA) is 130 Å². The van der Waals surface area contributed by atoms with Gasteiger partial charge in [0, 0.05) is 37.2 Å². The summed E-state index contributed by atoms with van der Waals surface area (Å²) in [6, 6.07) is 5.99. The summed E-state index contributed by atoms with van der Waals surface area (Å²) in [5.74, 6) is -0.319. The number of hydrogen-bond donors (Lipinski definition) is 4. The maximum absolute atomic E-state index is 12.1. The van der Waals surface area contributed by atoms with Crippen LogP contribution in [0.4, 0.5) is 5.69 Å². The number of carbonyl (C=O) groups is 2. The van der Waals surface area contributed by atoms with Gasteiger partial charge in [-0.25, -0.2) is 13.1 Å². The SMILES string of the molecule is CC(C)(C)C(=O)NCCCC(=O)Nc1cccc(S(=O)(=O)NCCN)c1.Cl. The first-order valence-electron chi connectivity index (χ1n) is 8.44. The van der Waals surface area contributed by atoms with Crippen LogP contribution < -0.4 is 21.1 Å². The Morgan fingerprint density at radius 1 is 1.15 bits per heavy atom. The molecule has 0 aliphatic rings. The van der Waals surface area contributed by atoms with Gasteiger partial charge in [0.15, 0.2) is 0 Å². The highest BCUT2D eigenvalue weighted by Gasteiger charge is 2.20. The fourth-order valence-corrected chi connectivity index (χ4v) is 3.05. The summed E-state index contributed by atoms with van der Waals surface area (Å²) in [5.41, 5.74) is 5.23. The number of rotatable bonds is 9. The van der Waals surface area contributed by atoms with E-state index in [0.717, 1.165) is 0 Å². The van der Waals surface area contributed by atoms with Gasteiger partial charge >= 0.3 is 0 Å². The molecule has 2 amide bonds. The van der Waals surface area contributed by atoms with Crippen molar-refractivity contribution in [2.75, 3.05) is 25.0 Å². The summed E-state index contributed by atoms with van der Waals surface area (Å²) in [6.07, 6.45) is 0.705. The van der Waals surface area contributed by atoms with E-state index < -0.39 is 15.4 Å². The van der Waals surface area contributed by atoms with Gasteiger partial charge in [-0.1, -0.05) is 26.8 Å². The van der Waals surface area contributed by atoms with Gasteiger partial charge in [-0.3, -0.25) is 9.59 Å². The Morgan fingerprint density at radius 2 is 1.81 bits per heavy atom. The number of amides is 2. The minimum atomic E-state index is -3.65. The van der Waals surface area contributed by atoms with E-state index >= 15 is 0 Å². The molecule has 0 aliphatic carbocycles. The molecule has 1 aromatic carbocycles. The number of benzene rings is 1. The molecule has 0 spiro atoms. The fourth-order valence-electron chi connectivity index (χ4n) is 1.96. The Hall–Kier alpha value is -1.68. The highest BCUT2D eigenvalue weighted by molar-refractivity contribution is 7.89. The lowest BCUT2D eigenvalue weighted by atomic mass is 9.96. The largest absolute Gasteiger partial charge is 0.356 e. The predicted octanol–water partition coefficient (Wildman–Crippen LogP) is 1.23. The molecule has 0 heterocycles. The van der Waals surface area contributed by atoms with Gasteiger partial charge in [0.05, 0.1) is 4.90 Å². The van der Waals surface area contributed by atoms with E-state index in [1.54, 1.807) is 12.1 Å². The molecule has 5 N–H and O–H groups in total. The standard InChI is InChI=1S/C17H28N4O4S.ClH/c1-17(2,3)16(23)19-10-5-8-15(22)21-13-6-4-7-14(12-13)26(24,25)20-11-9-18;/h4,6-7,12,20H,5,8-11,18H2,1-3H3,(H,19,23)(H,21,22);1H. The lowest BCUT2D eigenvalue weighted by Crippen LogP contribution is -2.35. The van der Waals surface area contributed by atoms with E-state index in [0.29, 0.717) is 18.7 Å². The summed E-state index contributed by atoms with van der Waals surface area (Å²) in [6.45, 7) is 6.19. The van der Waals surface area contributed by atoms with Crippen molar-refractivity contribution in [3.8, 4) is 0 Å². The molecule has 0 aliphatic heterocycles. The van der Waals surface area contributed by atoms with Crippen LogP contribution in [0, 0.1) is 5.41 Å². The van der Waals surface area contributed by atoms with Crippen LogP contribution in [-0.4, -0.2) is 39.9 Å². The Balaban J connectivity index is 0.00000676. The molecular formula is C17H29ClN4O4S. The molecule has 0 radical (unpaired) electrons. The van der Waals surface area contributed by atoms with E-state index in [1.807, 2.05) is 20.8 Å². The number of anilines is 1. The van der Waals surface area contributed by atoms with Crippen LogP contribution in [0.25, 0.3) is 0 Å². The van der Waals surface area contributed by atoms with Crippen LogP contribution in [0.3, 0.4) is 0 Å². The van der Waals surface area contributed by atoms with Crippen LogP contribution >= 0.6 is 12.4 Å². The molecule has 1 aromatic rings. The zero-order valence-electron chi connectivity index (χ0n) is 15.9. The molecule has 10 heteroatoms. The molecule has 0 unspecified atom stereocenters. The van der Waals surface area contributed by atoms with Crippen molar-refractivity contribution in [3.63, 3.8) is 0 Å². The van der Waals surface area contributed by atoms with Crippen LogP contribution in [0.5, 0.6) is 0 Å². The van der Waals surface area contributed by atoms with Gasteiger partial charge < -0.3 is 16.4 Å². The minimum Gasteiger partial charge on any atom is -0.356 e. The van der Waals surface area contributed by atoms with Crippen molar-refractivity contribution < 1.29 is 18.0 Å². The summed E-state index contributed by atoms with van der Waals surface area (Å²) >= 11 is 0. The summed E-state index contributed by atoms with van der Waals surface area (Å²) < 4.78 is 26.5. The highest BCUT2D eigenvalue weighted by atomic mass is 35.5. The molecule has 0 saturated carbocycles. The van der Waals surface area contributed by atoms with Gasteiger partial charge in [-0.2, -0.15) is 0 Å². The smallest absolute Gasteiger partial charge is 0.240 e. The third-order valence-electron chi connectivity index (χ3n) is 3.41. The van der Waals surface area contributed by atoms with Crippen LogP contribution in [0.1, 0.15) is 33.6 Å². The number of nitrogens with one attached hydrogen (secondary N) is 3. The molecule has 27 heavy (non-hydrogen) atoms. The van der Waals surface area contributed by atoms with Crippen molar-refractivity contribution in [3.05, 3.63) is 24.3 Å². The van der Waals surface area contributed by atoms with Gasteiger partial charge in [-0.05, 0) is 24.6 Å². The zero-order chi connectivity index (χ0) is 19.8. The molecule has 0 aromatic heterocycles. The van der Waals surface area contributed by atoms with Crippen molar-refractivity contribution in [1.29, 1.82) is 0 Å². The van der Waals surface area contributed by atoms with Crippen molar-refractivity contribution in [2.24, 2.45) is 11.1 Å². The molecule has 0 fully saturated rings. The number of halogens is 1. The summed E-state index contributed by atoms with van der Waals surface area (Å²) in [5, 5.41) is 5.43. The average molecular weight is 421 g/mol. The molecule has 8 nitrogen and oxygen atoms in total. The maximum Gasteiger partial charge on any atom is 0.240 e. The van der Waals surface area contributed by atoms with E-state index in [1.165, 1.54) is 12.1 Å². The lowest BCUT2D eigenvalue weighted by Gasteiger charge is -2.17. The van der Waals surface area contributed by atoms with E-state index in [4.69, 9.17) is 5.73 Å². The summed E-state index contributed by atoms with van der Waals surface area (Å²) in [7, 11) is -3.65. The number of hydrogen-bond acceptors (Lipinski definition) is 5. The Kier molecular flexibility index (Phi) is 10.5. The second-order valence-electron chi connectivity index (χ2n) is 6.87.